The normalized spacial score (nSPS) is 16.6. The van der Waals surface area contributed by atoms with Gasteiger partial charge >= 0.3 is 0 Å². The van der Waals surface area contributed by atoms with E-state index >= 15 is 0 Å². The highest BCUT2D eigenvalue weighted by molar-refractivity contribution is 8.04. The molecule has 0 bridgehead atoms. The molecule has 2 amide bonds. The van der Waals surface area contributed by atoms with E-state index in [2.05, 4.69) is 4.90 Å². The molecule has 0 radical (unpaired) electrons. The molecule has 3 aromatic rings. The summed E-state index contributed by atoms with van der Waals surface area (Å²) in [6, 6.07) is 19.2. The summed E-state index contributed by atoms with van der Waals surface area (Å²) in [4.78, 5) is 43.8. The number of fused-ring (bicyclic) bond motifs is 1. The van der Waals surface area contributed by atoms with Gasteiger partial charge in [0.05, 0.1) is 15.5 Å². The van der Waals surface area contributed by atoms with Crippen LogP contribution in [0.25, 0.3) is 6.08 Å². The molecule has 2 aliphatic heterocycles. The number of thioether (sulfide) groups is 1. The van der Waals surface area contributed by atoms with Gasteiger partial charge in [-0.1, -0.05) is 35.5 Å². The third-order valence-corrected chi connectivity index (χ3v) is 7.75. The number of anilines is 2. The first-order chi connectivity index (χ1) is 17.8. The molecule has 37 heavy (non-hydrogen) atoms. The Morgan fingerprint density at radius 1 is 1.03 bits per heavy atom. The summed E-state index contributed by atoms with van der Waals surface area (Å²) in [5, 5.41) is 11.5. The Bertz CT molecular complexity index is 1420. The number of hydrogen-bond acceptors (Lipinski definition) is 6. The van der Waals surface area contributed by atoms with Crippen molar-refractivity contribution in [1.29, 1.82) is 0 Å². The van der Waals surface area contributed by atoms with E-state index in [1.54, 1.807) is 53.2 Å². The van der Waals surface area contributed by atoms with E-state index in [0.717, 1.165) is 16.1 Å². The van der Waals surface area contributed by atoms with Gasteiger partial charge in [-0.3, -0.25) is 19.7 Å². The molecular formula is C27H23ClN4O4S. The number of halogens is 1. The number of benzene rings is 3. The third kappa shape index (κ3) is 5.19. The lowest BCUT2D eigenvalue weighted by Crippen LogP contribution is -2.48. The molecule has 188 valence electrons. The van der Waals surface area contributed by atoms with Crippen LogP contribution in [0.5, 0.6) is 0 Å². The number of carbonyl (C=O) groups is 2. The summed E-state index contributed by atoms with van der Waals surface area (Å²) in [6.45, 7) is 2.31. The van der Waals surface area contributed by atoms with E-state index in [0.29, 0.717) is 47.4 Å². The Balaban J connectivity index is 1.28. The monoisotopic (exact) mass is 534 g/mol. The summed E-state index contributed by atoms with van der Waals surface area (Å²) in [6.07, 6.45) is 1.82. The first-order valence-electron chi connectivity index (χ1n) is 11.7. The molecule has 0 aromatic heterocycles. The van der Waals surface area contributed by atoms with E-state index in [1.165, 1.54) is 23.9 Å². The van der Waals surface area contributed by atoms with Crippen molar-refractivity contribution in [3.63, 3.8) is 0 Å². The summed E-state index contributed by atoms with van der Waals surface area (Å²) in [7, 11) is 1.71. The molecule has 8 nitrogen and oxygen atoms in total. The molecule has 10 heteroatoms. The molecule has 0 N–H and O–H groups in total. The van der Waals surface area contributed by atoms with Crippen LogP contribution in [0, 0.1) is 10.1 Å². The highest BCUT2D eigenvalue weighted by Gasteiger charge is 2.29. The highest BCUT2D eigenvalue weighted by atomic mass is 35.5. The average molecular weight is 535 g/mol. The summed E-state index contributed by atoms with van der Waals surface area (Å²) in [5.74, 6) is -0.226. The second-order valence-corrected chi connectivity index (χ2v) is 10.3. The van der Waals surface area contributed by atoms with Crippen molar-refractivity contribution in [2.45, 2.75) is 4.90 Å². The minimum Gasteiger partial charge on any atom is -0.368 e. The Morgan fingerprint density at radius 2 is 1.76 bits per heavy atom. The fourth-order valence-corrected chi connectivity index (χ4v) is 5.70. The molecule has 0 unspecified atom stereocenters. The molecule has 2 aliphatic rings. The Morgan fingerprint density at radius 3 is 2.43 bits per heavy atom. The van der Waals surface area contributed by atoms with Crippen LogP contribution in [0.15, 0.2) is 76.5 Å². The zero-order chi connectivity index (χ0) is 26.1. The lowest BCUT2D eigenvalue weighted by atomic mass is 10.1. The summed E-state index contributed by atoms with van der Waals surface area (Å²) < 4.78 is 0. The van der Waals surface area contributed by atoms with Crippen molar-refractivity contribution in [3.8, 4) is 0 Å². The first kappa shape index (κ1) is 24.9. The van der Waals surface area contributed by atoms with Crippen LogP contribution in [0.2, 0.25) is 5.02 Å². The summed E-state index contributed by atoms with van der Waals surface area (Å²) in [5.41, 5.74) is 3.03. The number of rotatable bonds is 4. The zero-order valence-electron chi connectivity index (χ0n) is 20.0. The van der Waals surface area contributed by atoms with E-state index in [9.17, 15) is 19.7 Å². The number of nitro groups is 1. The Labute approximate surface area is 223 Å². The van der Waals surface area contributed by atoms with Gasteiger partial charge in [0, 0.05) is 66.5 Å². The number of likely N-dealkylation sites (N-methyl/N-ethyl adjacent to an activating group) is 1. The van der Waals surface area contributed by atoms with E-state index in [-0.39, 0.29) is 17.5 Å². The van der Waals surface area contributed by atoms with Crippen molar-refractivity contribution >= 4 is 58.3 Å². The molecule has 0 aliphatic carbocycles. The lowest BCUT2D eigenvalue weighted by Gasteiger charge is -2.36. The summed E-state index contributed by atoms with van der Waals surface area (Å²) >= 11 is 7.46. The number of amides is 2. The molecule has 0 spiro atoms. The van der Waals surface area contributed by atoms with Gasteiger partial charge in [-0.25, -0.2) is 0 Å². The van der Waals surface area contributed by atoms with Gasteiger partial charge in [-0.05, 0) is 54.1 Å². The van der Waals surface area contributed by atoms with Gasteiger partial charge in [-0.2, -0.15) is 0 Å². The van der Waals surface area contributed by atoms with Crippen LogP contribution in [0.1, 0.15) is 15.9 Å². The van der Waals surface area contributed by atoms with Gasteiger partial charge in [0.2, 0.25) is 0 Å². The second kappa shape index (κ2) is 10.3. The van der Waals surface area contributed by atoms with Crippen LogP contribution in [-0.2, 0) is 4.79 Å². The Kier molecular flexibility index (Phi) is 6.90. The minimum absolute atomic E-state index is 0.0543. The fourth-order valence-electron chi connectivity index (χ4n) is 4.41. The third-order valence-electron chi connectivity index (χ3n) is 6.44. The Hall–Kier alpha value is -3.82. The molecule has 0 saturated carbocycles. The predicted molar refractivity (Wildman–Crippen MR) is 146 cm³/mol. The largest absolute Gasteiger partial charge is 0.368 e. The quantitative estimate of drug-likeness (QED) is 0.256. The molecule has 0 atom stereocenters. The molecule has 3 aromatic carbocycles. The number of nitrogens with zero attached hydrogens (tertiary/aromatic N) is 4. The highest BCUT2D eigenvalue weighted by Crippen LogP contribution is 2.42. The maximum absolute atomic E-state index is 13.3. The van der Waals surface area contributed by atoms with Gasteiger partial charge < -0.3 is 14.7 Å². The number of nitro benzene ring substituents is 1. The van der Waals surface area contributed by atoms with Crippen LogP contribution in [-0.4, -0.2) is 54.9 Å². The van der Waals surface area contributed by atoms with Gasteiger partial charge in [0.1, 0.15) is 0 Å². The molecule has 5 rings (SSSR count). The average Bonchev–Trinajstić information content (AvgIpc) is 2.91. The van der Waals surface area contributed by atoms with Gasteiger partial charge in [0.15, 0.2) is 0 Å². The number of non-ortho nitro benzene ring substituents is 1. The maximum atomic E-state index is 13.3. The van der Waals surface area contributed by atoms with Crippen LogP contribution in [0.3, 0.4) is 0 Å². The standard InChI is InChI=1S/C27H23ClN4O4S/c1-29-23-17-19(5-10-24(23)37-25(27(29)34)16-18-3-2-4-20(28)15-18)26(33)31-13-11-30(12-14-31)21-6-8-22(9-7-21)32(35)36/h2-10,15-17H,11-14H2,1H3. The topological polar surface area (TPSA) is 87.0 Å². The van der Waals surface area contributed by atoms with Crippen molar-refractivity contribution in [2.24, 2.45) is 0 Å². The molecular weight excluding hydrogens is 512 g/mol. The van der Waals surface area contributed by atoms with Gasteiger partial charge in [-0.15, -0.1) is 0 Å². The number of piperazine rings is 1. The van der Waals surface area contributed by atoms with E-state index < -0.39 is 4.92 Å². The smallest absolute Gasteiger partial charge is 0.269 e. The van der Waals surface area contributed by atoms with Crippen LogP contribution in [0.4, 0.5) is 17.1 Å². The molecule has 1 fully saturated rings. The van der Waals surface area contributed by atoms with Crippen LogP contribution >= 0.6 is 23.4 Å². The number of carbonyl (C=O) groups excluding carboxylic acids is 2. The van der Waals surface area contributed by atoms with Crippen molar-refractivity contribution in [1.82, 2.24) is 4.90 Å². The lowest BCUT2D eigenvalue weighted by molar-refractivity contribution is -0.384. The predicted octanol–water partition coefficient (Wildman–Crippen LogP) is 5.32. The van der Waals surface area contributed by atoms with Crippen molar-refractivity contribution in [3.05, 3.63) is 97.9 Å². The van der Waals surface area contributed by atoms with Gasteiger partial charge in [0.25, 0.3) is 17.5 Å². The van der Waals surface area contributed by atoms with E-state index in [1.807, 2.05) is 24.3 Å². The van der Waals surface area contributed by atoms with E-state index in [4.69, 9.17) is 11.6 Å². The fraction of sp³-hybridized carbons (Fsp3) is 0.185. The number of hydrogen-bond donors (Lipinski definition) is 0. The minimum atomic E-state index is -0.418. The maximum Gasteiger partial charge on any atom is 0.269 e. The van der Waals surface area contributed by atoms with Crippen molar-refractivity contribution < 1.29 is 14.5 Å². The van der Waals surface area contributed by atoms with Crippen molar-refractivity contribution in [2.75, 3.05) is 43.0 Å². The second-order valence-electron chi connectivity index (χ2n) is 8.77. The molecule has 1 saturated heterocycles. The molecule has 2 heterocycles. The van der Waals surface area contributed by atoms with Crippen LogP contribution < -0.4 is 9.80 Å². The first-order valence-corrected chi connectivity index (χ1v) is 12.9. The zero-order valence-corrected chi connectivity index (χ0v) is 21.5. The SMILES string of the molecule is CN1C(=O)C(=Cc2cccc(Cl)c2)Sc2ccc(C(=O)N3CCN(c4ccc([N+](=O)[O-])cc4)CC3)cc21.